The molecule has 2 N–H and O–H groups in total. The Morgan fingerprint density at radius 3 is 2.89 bits per heavy atom. The second-order valence-corrected chi connectivity index (χ2v) is 4.42. The van der Waals surface area contributed by atoms with Gasteiger partial charge in [0.25, 0.3) is 5.69 Å². The Balaban J connectivity index is 2.68. The van der Waals surface area contributed by atoms with E-state index in [1.165, 1.54) is 12.1 Å². The Kier molecular flexibility index (Phi) is 3.71. The molecule has 6 nitrogen and oxygen atoms in total. The number of nitrogen functional groups attached to an aromatic ring is 1. The first-order valence-electron chi connectivity index (χ1n) is 5.73. The molecule has 19 heavy (non-hydrogen) atoms. The third kappa shape index (κ3) is 2.39. The summed E-state index contributed by atoms with van der Waals surface area (Å²) < 4.78 is 5.14. The largest absolute Gasteiger partial charge is 0.381 e. The average molecular weight is 282 g/mol. The van der Waals surface area contributed by atoms with Crippen LogP contribution in [0.25, 0.3) is 11.3 Å². The van der Waals surface area contributed by atoms with Crippen molar-refractivity contribution in [2.24, 2.45) is 0 Å². The molecule has 0 amide bonds. The highest BCUT2D eigenvalue weighted by Gasteiger charge is 2.25. The van der Waals surface area contributed by atoms with Crippen LogP contribution < -0.4 is 5.73 Å². The summed E-state index contributed by atoms with van der Waals surface area (Å²) in [4.78, 5) is 10.6. The quantitative estimate of drug-likeness (QED) is 0.684. The van der Waals surface area contributed by atoms with Gasteiger partial charge >= 0.3 is 0 Å². The van der Waals surface area contributed by atoms with E-state index < -0.39 is 4.92 Å². The molecule has 0 unspecified atom stereocenters. The van der Waals surface area contributed by atoms with E-state index in [2.05, 4.69) is 5.16 Å². The lowest BCUT2D eigenvalue weighted by Gasteiger charge is -2.04. The maximum absolute atomic E-state index is 11.1. The zero-order valence-electron chi connectivity index (χ0n) is 10.2. The number of nitrogens with two attached hydrogens (primary N) is 1. The number of nitro benzene ring substituents is 1. The minimum absolute atomic E-state index is 0.124. The Morgan fingerprint density at radius 2 is 2.26 bits per heavy atom. The average Bonchev–Trinajstić information content (AvgIpc) is 2.71. The highest BCUT2D eigenvalue weighted by molar-refractivity contribution is 6.33. The fraction of sp³-hybridized carbons (Fsp3) is 0.250. The van der Waals surface area contributed by atoms with Crippen molar-refractivity contribution >= 4 is 23.1 Å². The van der Waals surface area contributed by atoms with E-state index in [0.29, 0.717) is 12.0 Å². The third-order valence-corrected chi connectivity index (χ3v) is 3.05. The molecule has 0 saturated heterocycles. The molecule has 7 heteroatoms. The molecule has 0 aliphatic heterocycles. The fourth-order valence-corrected chi connectivity index (χ4v) is 2.15. The van der Waals surface area contributed by atoms with Gasteiger partial charge in [-0.05, 0) is 12.5 Å². The lowest BCUT2D eigenvalue weighted by Crippen LogP contribution is -1.96. The Hall–Kier alpha value is -2.08. The summed E-state index contributed by atoms with van der Waals surface area (Å²) in [5, 5.41) is 15.0. The summed E-state index contributed by atoms with van der Waals surface area (Å²) in [5.74, 6) is 0.516. The van der Waals surface area contributed by atoms with Gasteiger partial charge in [0.05, 0.1) is 9.95 Å². The predicted molar refractivity (Wildman–Crippen MR) is 72.0 cm³/mol. The van der Waals surface area contributed by atoms with Gasteiger partial charge in [0, 0.05) is 11.6 Å². The van der Waals surface area contributed by atoms with E-state index in [1.54, 1.807) is 6.07 Å². The van der Waals surface area contributed by atoms with E-state index >= 15 is 0 Å². The van der Waals surface area contributed by atoms with Crippen LogP contribution in [0.15, 0.2) is 22.7 Å². The molecule has 2 aromatic rings. The van der Waals surface area contributed by atoms with E-state index in [1.807, 2.05) is 6.92 Å². The molecule has 1 aromatic carbocycles. The van der Waals surface area contributed by atoms with E-state index in [0.717, 1.165) is 6.42 Å². The van der Waals surface area contributed by atoms with Gasteiger partial charge in [-0.15, -0.1) is 0 Å². The normalized spacial score (nSPS) is 10.6. The van der Waals surface area contributed by atoms with Crippen molar-refractivity contribution in [1.82, 2.24) is 5.16 Å². The Morgan fingerprint density at radius 1 is 1.53 bits per heavy atom. The number of nitrogens with zero attached hydrogens (tertiary/aromatic N) is 2. The van der Waals surface area contributed by atoms with Gasteiger partial charge in [0.2, 0.25) is 0 Å². The van der Waals surface area contributed by atoms with Crippen LogP contribution in [0.3, 0.4) is 0 Å². The van der Waals surface area contributed by atoms with Crippen molar-refractivity contribution in [3.05, 3.63) is 38.9 Å². The molecule has 0 aliphatic carbocycles. The van der Waals surface area contributed by atoms with Gasteiger partial charge in [0.1, 0.15) is 5.56 Å². The lowest BCUT2D eigenvalue weighted by atomic mass is 10.0. The number of anilines is 1. The number of hydrogen-bond donors (Lipinski definition) is 1. The van der Waals surface area contributed by atoms with Crippen molar-refractivity contribution in [1.29, 1.82) is 0 Å². The first kappa shape index (κ1) is 13.4. The zero-order valence-corrected chi connectivity index (χ0v) is 11.0. The van der Waals surface area contributed by atoms with Gasteiger partial charge in [-0.2, -0.15) is 0 Å². The van der Waals surface area contributed by atoms with E-state index in [9.17, 15) is 10.1 Å². The van der Waals surface area contributed by atoms with Crippen LogP contribution in [0.2, 0.25) is 5.02 Å². The monoisotopic (exact) mass is 281 g/mol. The van der Waals surface area contributed by atoms with Crippen LogP contribution in [0.4, 0.5) is 11.5 Å². The lowest BCUT2D eigenvalue weighted by molar-refractivity contribution is -0.384. The van der Waals surface area contributed by atoms with Crippen molar-refractivity contribution in [3.8, 4) is 11.3 Å². The van der Waals surface area contributed by atoms with Crippen LogP contribution in [0.5, 0.6) is 0 Å². The molecule has 0 bridgehead atoms. The van der Waals surface area contributed by atoms with Crippen LogP contribution >= 0.6 is 11.6 Å². The van der Waals surface area contributed by atoms with E-state index in [-0.39, 0.29) is 27.9 Å². The summed E-state index contributed by atoms with van der Waals surface area (Å²) in [6, 6.07) is 4.46. The van der Waals surface area contributed by atoms with Crippen molar-refractivity contribution in [2.75, 3.05) is 5.73 Å². The molecule has 2 rings (SSSR count). The third-order valence-electron chi connectivity index (χ3n) is 2.73. The molecule has 0 saturated carbocycles. The molecule has 0 radical (unpaired) electrons. The van der Waals surface area contributed by atoms with Gasteiger partial charge in [-0.25, -0.2) is 0 Å². The minimum atomic E-state index is -0.504. The second-order valence-electron chi connectivity index (χ2n) is 4.02. The fourth-order valence-electron chi connectivity index (χ4n) is 1.90. The Labute approximate surface area is 114 Å². The molecule has 0 aliphatic rings. The second kappa shape index (κ2) is 5.27. The summed E-state index contributed by atoms with van der Waals surface area (Å²) in [5.41, 5.74) is 6.47. The molecule has 1 aromatic heterocycles. The number of aromatic nitrogens is 1. The van der Waals surface area contributed by atoms with Gasteiger partial charge in [0.15, 0.2) is 11.6 Å². The first-order chi connectivity index (χ1) is 9.06. The van der Waals surface area contributed by atoms with Crippen LogP contribution in [0.1, 0.15) is 18.9 Å². The predicted octanol–water partition coefficient (Wildman–Crippen LogP) is 3.44. The van der Waals surface area contributed by atoms with Crippen LogP contribution in [-0.4, -0.2) is 10.1 Å². The molecule has 100 valence electrons. The van der Waals surface area contributed by atoms with E-state index in [4.69, 9.17) is 21.9 Å². The highest BCUT2D eigenvalue weighted by atomic mass is 35.5. The molecule has 1 heterocycles. The smallest absolute Gasteiger partial charge is 0.281 e. The first-order valence-corrected chi connectivity index (χ1v) is 6.11. The van der Waals surface area contributed by atoms with Crippen molar-refractivity contribution in [3.63, 3.8) is 0 Å². The van der Waals surface area contributed by atoms with Crippen molar-refractivity contribution in [2.45, 2.75) is 19.8 Å². The number of nitro groups is 1. The molecular weight excluding hydrogens is 270 g/mol. The van der Waals surface area contributed by atoms with Gasteiger partial charge in [-0.1, -0.05) is 36.2 Å². The highest BCUT2D eigenvalue weighted by Crippen LogP contribution is 2.39. The van der Waals surface area contributed by atoms with Gasteiger partial charge in [-0.3, -0.25) is 10.1 Å². The summed E-state index contributed by atoms with van der Waals surface area (Å²) >= 11 is 6.06. The number of benzene rings is 1. The topological polar surface area (TPSA) is 95.2 Å². The maximum atomic E-state index is 11.1. The van der Waals surface area contributed by atoms with Gasteiger partial charge < -0.3 is 10.3 Å². The molecule has 0 spiro atoms. The SMILES string of the molecule is CCCc1c(N)noc1-c1c(Cl)cccc1[N+](=O)[O-]. The number of halogens is 1. The molecule has 0 atom stereocenters. The maximum Gasteiger partial charge on any atom is 0.281 e. The number of hydrogen-bond acceptors (Lipinski definition) is 5. The summed E-state index contributed by atoms with van der Waals surface area (Å²) in [7, 11) is 0. The van der Waals surface area contributed by atoms with Crippen LogP contribution in [0, 0.1) is 10.1 Å². The number of rotatable bonds is 4. The van der Waals surface area contributed by atoms with Crippen LogP contribution in [-0.2, 0) is 6.42 Å². The summed E-state index contributed by atoms with van der Waals surface area (Å²) in [6.07, 6.45) is 1.43. The minimum Gasteiger partial charge on any atom is -0.381 e. The molecule has 0 fully saturated rings. The Bertz CT molecular complexity index is 625. The zero-order chi connectivity index (χ0) is 14.0. The standard InChI is InChI=1S/C12H12ClN3O3/c1-2-4-7-11(19-15-12(7)14)10-8(13)5-3-6-9(10)16(17)18/h3,5-6H,2,4H2,1H3,(H2,14,15). The summed E-state index contributed by atoms with van der Waals surface area (Å²) in [6.45, 7) is 1.97. The molecular formula is C12H12ClN3O3. The van der Waals surface area contributed by atoms with Crippen molar-refractivity contribution < 1.29 is 9.45 Å².